The fourth-order valence-corrected chi connectivity index (χ4v) is 1.93. The van der Waals surface area contributed by atoms with E-state index in [0.717, 1.165) is 22.6 Å². The van der Waals surface area contributed by atoms with Crippen molar-refractivity contribution in [2.75, 3.05) is 19.1 Å². The Morgan fingerprint density at radius 1 is 1.35 bits per heavy atom. The first-order chi connectivity index (χ1) is 9.63. The third-order valence-corrected chi connectivity index (χ3v) is 3.13. The van der Waals surface area contributed by atoms with E-state index in [2.05, 4.69) is 9.97 Å². The molecule has 2 rings (SSSR count). The molecule has 0 aliphatic carbocycles. The number of aromatic nitrogens is 2. The van der Waals surface area contributed by atoms with Crippen LogP contribution in [0, 0.1) is 6.92 Å². The molecule has 0 atom stereocenters. The monoisotopic (exact) mass is 273 g/mol. The molecule has 20 heavy (non-hydrogen) atoms. The SMILES string of the molecule is COc1cccc(CN(C)c2ncc(CO)c(C)n2)c1. The Kier molecular flexibility index (Phi) is 4.53. The largest absolute Gasteiger partial charge is 0.497 e. The van der Waals surface area contributed by atoms with E-state index < -0.39 is 0 Å². The molecule has 0 aliphatic rings. The molecule has 0 spiro atoms. The second-order valence-corrected chi connectivity index (χ2v) is 4.65. The highest BCUT2D eigenvalue weighted by Gasteiger charge is 2.08. The molecule has 0 saturated carbocycles. The summed E-state index contributed by atoms with van der Waals surface area (Å²) in [5.41, 5.74) is 2.68. The average molecular weight is 273 g/mol. The Morgan fingerprint density at radius 3 is 2.80 bits per heavy atom. The van der Waals surface area contributed by atoms with Gasteiger partial charge in [0.25, 0.3) is 0 Å². The van der Waals surface area contributed by atoms with E-state index in [1.807, 2.05) is 43.1 Å². The molecular formula is C15H19N3O2. The molecule has 106 valence electrons. The van der Waals surface area contributed by atoms with Crippen molar-refractivity contribution in [2.24, 2.45) is 0 Å². The average Bonchev–Trinajstić information content (AvgIpc) is 2.47. The lowest BCUT2D eigenvalue weighted by molar-refractivity contribution is 0.280. The van der Waals surface area contributed by atoms with Crippen molar-refractivity contribution >= 4 is 5.95 Å². The normalized spacial score (nSPS) is 10.4. The number of rotatable bonds is 5. The molecule has 1 heterocycles. The van der Waals surface area contributed by atoms with Gasteiger partial charge >= 0.3 is 0 Å². The number of hydrogen-bond donors (Lipinski definition) is 1. The lowest BCUT2D eigenvalue weighted by atomic mass is 10.2. The summed E-state index contributed by atoms with van der Waals surface area (Å²) in [5, 5.41) is 9.13. The second-order valence-electron chi connectivity index (χ2n) is 4.65. The summed E-state index contributed by atoms with van der Waals surface area (Å²) in [6.45, 7) is 2.52. The lowest BCUT2D eigenvalue weighted by Gasteiger charge is -2.18. The third kappa shape index (κ3) is 3.24. The van der Waals surface area contributed by atoms with Crippen LogP contribution < -0.4 is 9.64 Å². The molecule has 1 aromatic heterocycles. The van der Waals surface area contributed by atoms with Crippen LogP contribution in [0.3, 0.4) is 0 Å². The summed E-state index contributed by atoms with van der Waals surface area (Å²) in [5.74, 6) is 1.48. The van der Waals surface area contributed by atoms with Gasteiger partial charge in [-0.25, -0.2) is 9.97 Å². The molecule has 0 fully saturated rings. The zero-order valence-electron chi connectivity index (χ0n) is 12.0. The van der Waals surface area contributed by atoms with Gasteiger partial charge in [0, 0.05) is 31.0 Å². The fraction of sp³-hybridized carbons (Fsp3) is 0.333. The second kappa shape index (κ2) is 6.34. The molecule has 5 heteroatoms. The molecule has 0 amide bonds. The Bertz CT molecular complexity index is 587. The van der Waals surface area contributed by atoms with E-state index in [9.17, 15) is 0 Å². The van der Waals surface area contributed by atoms with Crippen molar-refractivity contribution in [2.45, 2.75) is 20.1 Å². The molecule has 5 nitrogen and oxygen atoms in total. The van der Waals surface area contributed by atoms with Gasteiger partial charge in [-0.2, -0.15) is 0 Å². The standard InChI is InChI=1S/C15H19N3O2/c1-11-13(10-19)8-16-15(17-11)18(2)9-12-5-4-6-14(7-12)20-3/h4-8,19H,9-10H2,1-3H3. The summed E-state index contributed by atoms with van der Waals surface area (Å²) in [4.78, 5) is 10.6. The maximum Gasteiger partial charge on any atom is 0.225 e. The number of nitrogens with zero attached hydrogens (tertiary/aromatic N) is 3. The van der Waals surface area contributed by atoms with Crippen molar-refractivity contribution in [1.29, 1.82) is 0 Å². The minimum Gasteiger partial charge on any atom is -0.497 e. The van der Waals surface area contributed by atoms with Crippen LogP contribution >= 0.6 is 0 Å². The van der Waals surface area contributed by atoms with Gasteiger partial charge in [0.2, 0.25) is 5.95 Å². The zero-order chi connectivity index (χ0) is 14.5. The summed E-state index contributed by atoms with van der Waals surface area (Å²) < 4.78 is 5.21. The Balaban J connectivity index is 2.14. The topological polar surface area (TPSA) is 58.5 Å². The van der Waals surface area contributed by atoms with Crippen LogP contribution in [0.2, 0.25) is 0 Å². The number of benzene rings is 1. The lowest BCUT2D eigenvalue weighted by Crippen LogP contribution is -2.19. The molecule has 0 aliphatic heterocycles. The Hall–Kier alpha value is -2.14. The smallest absolute Gasteiger partial charge is 0.225 e. The van der Waals surface area contributed by atoms with Gasteiger partial charge in [0.15, 0.2) is 0 Å². The number of aryl methyl sites for hydroxylation is 1. The van der Waals surface area contributed by atoms with E-state index in [0.29, 0.717) is 12.5 Å². The summed E-state index contributed by atoms with van der Waals surface area (Å²) >= 11 is 0. The maximum absolute atomic E-state index is 9.13. The van der Waals surface area contributed by atoms with Crippen LogP contribution in [-0.2, 0) is 13.2 Å². The highest BCUT2D eigenvalue weighted by Crippen LogP contribution is 2.16. The van der Waals surface area contributed by atoms with Gasteiger partial charge in [0.1, 0.15) is 5.75 Å². The quantitative estimate of drug-likeness (QED) is 0.902. The zero-order valence-corrected chi connectivity index (χ0v) is 12.0. The van der Waals surface area contributed by atoms with Gasteiger partial charge in [-0.15, -0.1) is 0 Å². The number of anilines is 1. The van der Waals surface area contributed by atoms with Crippen LogP contribution in [0.5, 0.6) is 5.75 Å². The summed E-state index contributed by atoms with van der Waals surface area (Å²) in [6.07, 6.45) is 1.67. The predicted octanol–water partition coefficient (Wildman–Crippen LogP) is 1.92. The van der Waals surface area contributed by atoms with E-state index in [-0.39, 0.29) is 6.61 Å². The highest BCUT2D eigenvalue weighted by atomic mass is 16.5. The number of aliphatic hydroxyl groups excluding tert-OH is 1. The molecule has 0 unspecified atom stereocenters. The van der Waals surface area contributed by atoms with Gasteiger partial charge in [-0.1, -0.05) is 12.1 Å². The van der Waals surface area contributed by atoms with Crippen LogP contribution in [0.25, 0.3) is 0 Å². The van der Waals surface area contributed by atoms with Crippen molar-refractivity contribution < 1.29 is 9.84 Å². The molecular weight excluding hydrogens is 254 g/mol. The molecule has 1 N–H and O–H groups in total. The van der Waals surface area contributed by atoms with Crippen LogP contribution in [0.15, 0.2) is 30.5 Å². The number of aliphatic hydroxyl groups is 1. The van der Waals surface area contributed by atoms with Crippen molar-refractivity contribution in [3.63, 3.8) is 0 Å². The van der Waals surface area contributed by atoms with Gasteiger partial charge < -0.3 is 14.7 Å². The van der Waals surface area contributed by atoms with E-state index in [4.69, 9.17) is 9.84 Å². The first-order valence-electron chi connectivity index (χ1n) is 6.41. The molecule has 0 saturated heterocycles. The maximum atomic E-state index is 9.13. The van der Waals surface area contributed by atoms with E-state index >= 15 is 0 Å². The van der Waals surface area contributed by atoms with Gasteiger partial charge in [-0.3, -0.25) is 0 Å². The van der Waals surface area contributed by atoms with Crippen molar-refractivity contribution in [3.05, 3.63) is 47.3 Å². The first-order valence-corrected chi connectivity index (χ1v) is 6.41. The number of hydrogen-bond acceptors (Lipinski definition) is 5. The highest BCUT2D eigenvalue weighted by molar-refractivity contribution is 5.35. The van der Waals surface area contributed by atoms with Crippen LogP contribution in [-0.4, -0.2) is 29.2 Å². The molecule has 0 bridgehead atoms. The minimum absolute atomic E-state index is 0.0360. The summed E-state index contributed by atoms with van der Waals surface area (Å²) in [6, 6.07) is 7.91. The van der Waals surface area contributed by atoms with Crippen molar-refractivity contribution in [1.82, 2.24) is 9.97 Å². The van der Waals surface area contributed by atoms with Crippen LogP contribution in [0.1, 0.15) is 16.8 Å². The number of ether oxygens (including phenoxy) is 1. The third-order valence-electron chi connectivity index (χ3n) is 3.13. The van der Waals surface area contributed by atoms with Gasteiger partial charge in [0.05, 0.1) is 13.7 Å². The molecule has 0 radical (unpaired) electrons. The van der Waals surface area contributed by atoms with E-state index in [1.165, 1.54) is 0 Å². The van der Waals surface area contributed by atoms with Crippen LogP contribution in [0.4, 0.5) is 5.95 Å². The Labute approximate surface area is 118 Å². The molecule has 2 aromatic rings. The summed E-state index contributed by atoms with van der Waals surface area (Å²) in [7, 11) is 3.59. The first kappa shape index (κ1) is 14.3. The minimum atomic E-state index is -0.0360. The predicted molar refractivity (Wildman–Crippen MR) is 77.8 cm³/mol. The fourth-order valence-electron chi connectivity index (χ4n) is 1.93. The number of methoxy groups -OCH3 is 1. The molecule has 1 aromatic carbocycles. The van der Waals surface area contributed by atoms with E-state index in [1.54, 1.807) is 13.3 Å². The Morgan fingerprint density at radius 2 is 2.15 bits per heavy atom. The van der Waals surface area contributed by atoms with Gasteiger partial charge in [-0.05, 0) is 24.6 Å². The van der Waals surface area contributed by atoms with Crippen molar-refractivity contribution in [3.8, 4) is 5.75 Å².